The van der Waals surface area contributed by atoms with Crippen molar-refractivity contribution < 1.29 is 0 Å². The van der Waals surface area contributed by atoms with E-state index in [0.29, 0.717) is 21.0 Å². The van der Waals surface area contributed by atoms with Crippen LogP contribution in [0.1, 0.15) is 0 Å². The van der Waals surface area contributed by atoms with Gasteiger partial charge < -0.3 is 21.3 Å². The molecule has 0 atom stereocenters. The standard InChI is InChI=1S/C24H18ClN9S3/c25-15-10-4-5-11-16(15)27-23(36)33-20-29-19(32-22(35)26-14-8-2-1-3-9-14)30-21(31-20)34-24-28-17-12-6-7-13-18(17)37-24/h1-13H,(H5,26,27,28,29,30,31,32,33,34,35,36). The third kappa shape index (κ3) is 6.62. The molecule has 37 heavy (non-hydrogen) atoms. The fourth-order valence-electron chi connectivity index (χ4n) is 3.17. The second-order valence-electron chi connectivity index (χ2n) is 7.42. The lowest BCUT2D eigenvalue weighted by Gasteiger charge is -2.13. The van der Waals surface area contributed by atoms with E-state index in [1.807, 2.05) is 72.8 Å². The molecule has 0 saturated carbocycles. The number of hydrogen-bond acceptors (Lipinski definition) is 8. The van der Waals surface area contributed by atoms with E-state index >= 15 is 0 Å². The van der Waals surface area contributed by atoms with E-state index in [4.69, 9.17) is 36.0 Å². The van der Waals surface area contributed by atoms with Crippen LogP contribution in [0.5, 0.6) is 0 Å². The molecule has 184 valence electrons. The van der Waals surface area contributed by atoms with Crippen LogP contribution in [0.2, 0.25) is 5.02 Å². The van der Waals surface area contributed by atoms with E-state index in [0.717, 1.165) is 15.9 Å². The fourth-order valence-corrected chi connectivity index (χ4v) is 4.62. The second-order valence-corrected chi connectivity index (χ2v) is 9.68. The number of fused-ring (bicyclic) bond motifs is 1. The molecule has 5 rings (SSSR count). The minimum absolute atomic E-state index is 0.188. The Kier molecular flexibility index (Phi) is 7.61. The van der Waals surface area contributed by atoms with Crippen molar-refractivity contribution in [2.24, 2.45) is 0 Å². The highest BCUT2D eigenvalue weighted by Crippen LogP contribution is 2.27. The van der Waals surface area contributed by atoms with Gasteiger partial charge in [-0.1, -0.05) is 65.4 Å². The van der Waals surface area contributed by atoms with Crippen LogP contribution in [0.25, 0.3) is 10.2 Å². The number of anilines is 6. The quantitative estimate of drug-likeness (QED) is 0.146. The van der Waals surface area contributed by atoms with Crippen molar-refractivity contribution in [2.45, 2.75) is 0 Å². The van der Waals surface area contributed by atoms with E-state index in [9.17, 15) is 0 Å². The van der Waals surface area contributed by atoms with Crippen molar-refractivity contribution in [1.29, 1.82) is 0 Å². The molecule has 5 N–H and O–H groups in total. The zero-order chi connectivity index (χ0) is 25.6. The van der Waals surface area contributed by atoms with E-state index < -0.39 is 0 Å². The summed E-state index contributed by atoms with van der Waals surface area (Å²) in [6.45, 7) is 0. The van der Waals surface area contributed by atoms with Crippen molar-refractivity contribution in [3.05, 3.63) is 83.9 Å². The number of benzene rings is 3. The average Bonchev–Trinajstić information content (AvgIpc) is 3.28. The number of para-hydroxylation sites is 3. The Morgan fingerprint density at radius 3 is 2.00 bits per heavy atom. The predicted molar refractivity (Wildman–Crippen MR) is 160 cm³/mol. The highest BCUT2D eigenvalue weighted by atomic mass is 35.5. The highest BCUT2D eigenvalue weighted by molar-refractivity contribution is 7.81. The largest absolute Gasteiger partial charge is 0.332 e. The summed E-state index contributed by atoms with van der Waals surface area (Å²) in [6.07, 6.45) is 0. The first-order chi connectivity index (χ1) is 18.0. The van der Waals surface area contributed by atoms with Gasteiger partial charge in [0.1, 0.15) is 0 Å². The van der Waals surface area contributed by atoms with Crippen LogP contribution in [-0.4, -0.2) is 30.2 Å². The van der Waals surface area contributed by atoms with Gasteiger partial charge in [-0.15, -0.1) is 0 Å². The van der Waals surface area contributed by atoms with E-state index in [1.165, 1.54) is 11.3 Å². The summed E-state index contributed by atoms with van der Waals surface area (Å²) in [5.41, 5.74) is 2.35. The van der Waals surface area contributed by atoms with Gasteiger partial charge in [0.15, 0.2) is 15.4 Å². The molecule has 2 aromatic heterocycles. The Balaban J connectivity index is 1.38. The van der Waals surface area contributed by atoms with Gasteiger partial charge >= 0.3 is 0 Å². The summed E-state index contributed by atoms with van der Waals surface area (Å²) in [4.78, 5) is 17.9. The zero-order valence-corrected chi connectivity index (χ0v) is 22.1. The van der Waals surface area contributed by atoms with Gasteiger partial charge in [-0.3, -0.25) is 5.32 Å². The molecule has 9 nitrogen and oxygen atoms in total. The molecule has 0 aliphatic carbocycles. The summed E-state index contributed by atoms with van der Waals surface area (Å²) >= 11 is 18.6. The first kappa shape index (κ1) is 24.7. The fraction of sp³-hybridized carbons (Fsp3) is 0. The summed E-state index contributed by atoms with van der Waals surface area (Å²) in [7, 11) is 0. The topological polar surface area (TPSA) is 112 Å². The molecule has 0 saturated heterocycles. The molecule has 3 aromatic carbocycles. The Morgan fingerprint density at radius 2 is 1.27 bits per heavy atom. The minimum atomic E-state index is 0.188. The van der Waals surface area contributed by atoms with Gasteiger partial charge in [0.25, 0.3) is 0 Å². The number of nitrogens with one attached hydrogen (secondary N) is 5. The van der Waals surface area contributed by atoms with Crippen LogP contribution in [0.4, 0.5) is 34.4 Å². The van der Waals surface area contributed by atoms with Gasteiger partial charge in [0, 0.05) is 5.69 Å². The summed E-state index contributed by atoms with van der Waals surface area (Å²) < 4.78 is 1.04. The van der Waals surface area contributed by atoms with Gasteiger partial charge in [-0.05, 0) is 60.8 Å². The van der Waals surface area contributed by atoms with E-state index in [-0.39, 0.29) is 23.0 Å². The Labute approximate surface area is 231 Å². The number of rotatable bonds is 6. The van der Waals surface area contributed by atoms with Crippen LogP contribution in [0.3, 0.4) is 0 Å². The lowest BCUT2D eigenvalue weighted by Crippen LogP contribution is -2.24. The molecular formula is C24H18ClN9S3. The number of aromatic nitrogens is 4. The Morgan fingerprint density at radius 1 is 0.649 bits per heavy atom. The van der Waals surface area contributed by atoms with Crippen molar-refractivity contribution in [3.8, 4) is 0 Å². The average molecular weight is 564 g/mol. The van der Waals surface area contributed by atoms with Crippen LogP contribution in [-0.2, 0) is 0 Å². The molecule has 5 aromatic rings. The monoisotopic (exact) mass is 563 g/mol. The van der Waals surface area contributed by atoms with Crippen LogP contribution in [0, 0.1) is 0 Å². The molecule has 0 unspecified atom stereocenters. The maximum Gasteiger partial charge on any atom is 0.235 e. The van der Waals surface area contributed by atoms with E-state index in [2.05, 4.69) is 46.5 Å². The molecule has 0 spiro atoms. The summed E-state index contributed by atoms with van der Waals surface area (Å²) in [5.74, 6) is 0.644. The van der Waals surface area contributed by atoms with E-state index in [1.54, 1.807) is 6.07 Å². The molecule has 0 aliphatic rings. The molecule has 13 heteroatoms. The van der Waals surface area contributed by atoms with Crippen LogP contribution in [0.15, 0.2) is 78.9 Å². The van der Waals surface area contributed by atoms with Crippen LogP contribution >= 0.6 is 47.4 Å². The molecule has 0 fully saturated rings. The van der Waals surface area contributed by atoms with Crippen molar-refractivity contribution in [3.63, 3.8) is 0 Å². The Hall–Kier alpha value is -3.97. The third-order valence-electron chi connectivity index (χ3n) is 4.75. The summed E-state index contributed by atoms with van der Waals surface area (Å²) in [6, 6.07) is 24.6. The molecule has 0 bridgehead atoms. The third-order valence-corrected chi connectivity index (χ3v) is 6.44. The predicted octanol–water partition coefficient (Wildman–Crippen LogP) is 6.50. The van der Waals surface area contributed by atoms with Crippen molar-refractivity contribution in [2.75, 3.05) is 26.6 Å². The van der Waals surface area contributed by atoms with Gasteiger partial charge in [0.2, 0.25) is 17.8 Å². The number of thiazole rings is 1. The molecule has 0 aliphatic heterocycles. The molecule has 2 heterocycles. The zero-order valence-electron chi connectivity index (χ0n) is 18.9. The SMILES string of the molecule is S=C(Nc1ccccc1)Nc1nc(NC(=S)Nc2ccccc2Cl)nc(Nc2nc3ccccc3s2)n1. The van der Waals surface area contributed by atoms with Crippen LogP contribution < -0.4 is 26.6 Å². The number of nitrogens with zero attached hydrogens (tertiary/aromatic N) is 4. The van der Waals surface area contributed by atoms with Gasteiger partial charge in [-0.2, -0.15) is 15.0 Å². The second kappa shape index (κ2) is 11.4. The van der Waals surface area contributed by atoms with Gasteiger partial charge in [-0.25, -0.2) is 4.98 Å². The first-order valence-corrected chi connectivity index (χ1v) is 12.9. The minimum Gasteiger partial charge on any atom is -0.332 e. The number of hydrogen-bond donors (Lipinski definition) is 5. The maximum absolute atomic E-state index is 6.23. The highest BCUT2D eigenvalue weighted by Gasteiger charge is 2.13. The number of thiocarbonyl (C=S) groups is 2. The lowest BCUT2D eigenvalue weighted by molar-refractivity contribution is 1.07. The van der Waals surface area contributed by atoms with Crippen molar-refractivity contribution in [1.82, 2.24) is 19.9 Å². The maximum atomic E-state index is 6.23. The molecule has 0 amide bonds. The smallest absolute Gasteiger partial charge is 0.235 e. The Bertz CT molecular complexity index is 1540. The van der Waals surface area contributed by atoms with Gasteiger partial charge in [0.05, 0.1) is 20.9 Å². The number of halogens is 1. The first-order valence-electron chi connectivity index (χ1n) is 10.9. The van der Waals surface area contributed by atoms with Crippen molar-refractivity contribution >= 4 is 102 Å². The normalized spacial score (nSPS) is 10.5. The molecule has 0 radical (unpaired) electrons. The molecular weight excluding hydrogens is 546 g/mol. The lowest BCUT2D eigenvalue weighted by atomic mass is 10.3. The summed E-state index contributed by atoms with van der Waals surface area (Å²) in [5, 5.41) is 17.0.